The van der Waals surface area contributed by atoms with Gasteiger partial charge in [0.1, 0.15) is 0 Å². The van der Waals surface area contributed by atoms with Crippen LogP contribution in [0.3, 0.4) is 0 Å². The molecule has 0 aromatic heterocycles. The first-order valence-electron chi connectivity index (χ1n) is 7.96. The van der Waals surface area contributed by atoms with Crippen LogP contribution < -0.4 is 0 Å². The SMILES string of the molecule is C=C/C=C/CCCC(=O)OC1c2ccccc2-c2ccccc21. The maximum atomic E-state index is 12.2. The Hall–Kier alpha value is -2.61. The zero-order valence-corrected chi connectivity index (χ0v) is 13.1. The zero-order chi connectivity index (χ0) is 16.1. The summed E-state index contributed by atoms with van der Waals surface area (Å²) in [4.78, 5) is 12.2. The Morgan fingerprint density at radius 3 is 2.26 bits per heavy atom. The second kappa shape index (κ2) is 7.10. The maximum absolute atomic E-state index is 12.2. The first-order valence-corrected chi connectivity index (χ1v) is 7.96. The lowest BCUT2D eigenvalue weighted by atomic mass is 10.1. The second-order valence-electron chi connectivity index (χ2n) is 5.60. The van der Waals surface area contributed by atoms with Gasteiger partial charge >= 0.3 is 5.97 Å². The van der Waals surface area contributed by atoms with Gasteiger partial charge in [0.25, 0.3) is 0 Å². The lowest BCUT2D eigenvalue weighted by Gasteiger charge is -2.15. The fraction of sp³-hybridized carbons (Fsp3) is 0.190. The number of unbranched alkanes of at least 4 members (excludes halogenated alkanes) is 1. The van der Waals surface area contributed by atoms with Crippen LogP contribution in [-0.2, 0) is 9.53 Å². The number of fused-ring (bicyclic) bond motifs is 3. The van der Waals surface area contributed by atoms with Gasteiger partial charge in [-0.25, -0.2) is 0 Å². The molecule has 0 N–H and O–H groups in total. The van der Waals surface area contributed by atoms with Crippen molar-refractivity contribution in [2.24, 2.45) is 0 Å². The van der Waals surface area contributed by atoms with Crippen LogP contribution in [0.5, 0.6) is 0 Å². The van der Waals surface area contributed by atoms with Crippen molar-refractivity contribution in [2.45, 2.75) is 25.4 Å². The standard InChI is InChI=1S/C21H20O2/c1-2-3-4-5-6-15-20(22)23-21-18-13-9-7-11-16(18)17-12-8-10-14-19(17)21/h2-4,7-14,21H,1,5-6,15H2/b4-3+. The van der Waals surface area contributed by atoms with E-state index in [9.17, 15) is 4.79 Å². The van der Waals surface area contributed by atoms with Crippen molar-refractivity contribution in [1.29, 1.82) is 0 Å². The Bertz CT molecular complexity index is 698. The molecule has 2 aromatic rings. The Kier molecular flexibility index (Phi) is 4.72. The van der Waals surface area contributed by atoms with Gasteiger partial charge in [-0.05, 0) is 24.0 Å². The van der Waals surface area contributed by atoms with Crippen LogP contribution in [0.4, 0.5) is 0 Å². The van der Waals surface area contributed by atoms with Gasteiger partial charge < -0.3 is 4.74 Å². The van der Waals surface area contributed by atoms with E-state index in [-0.39, 0.29) is 12.1 Å². The van der Waals surface area contributed by atoms with Gasteiger partial charge in [-0.15, -0.1) is 0 Å². The molecule has 3 rings (SSSR count). The summed E-state index contributed by atoms with van der Waals surface area (Å²) in [5, 5.41) is 0. The number of carbonyl (C=O) groups excluding carboxylic acids is 1. The van der Waals surface area contributed by atoms with Crippen LogP contribution in [0.15, 0.2) is 73.3 Å². The lowest BCUT2D eigenvalue weighted by Crippen LogP contribution is -2.10. The highest BCUT2D eigenvalue weighted by Crippen LogP contribution is 2.45. The molecule has 116 valence electrons. The van der Waals surface area contributed by atoms with Crippen LogP contribution in [-0.4, -0.2) is 5.97 Å². The average Bonchev–Trinajstić information content (AvgIpc) is 2.89. The first kappa shape index (κ1) is 15.3. The normalized spacial score (nSPS) is 12.9. The predicted octanol–water partition coefficient (Wildman–Crippen LogP) is 5.21. The molecule has 0 saturated heterocycles. The van der Waals surface area contributed by atoms with Gasteiger partial charge in [0, 0.05) is 17.5 Å². The lowest BCUT2D eigenvalue weighted by molar-refractivity contribution is -0.147. The Morgan fingerprint density at radius 2 is 1.65 bits per heavy atom. The van der Waals surface area contributed by atoms with Gasteiger partial charge in [0.05, 0.1) is 0 Å². The minimum Gasteiger partial charge on any atom is -0.452 e. The molecular weight excluding hydrogens is 284 g/mol. The Balaban J connectivity index is 1.71. The smallest absolute Gasteiger partial charge is 0.306 e. The van der Waals surface area contributed by atoms with Gasteiger partial charge in [-0.3, -0.25) is 4.79 Å². The topological polar surface area (TPSA) is 26.3 Å². The van der Waals surface area contributed by atoms with E-state index in [1.807, 2.05) is 48.6 Å². The average molecular weight is 304 g/mol. The number of rotatable bonds is 6. The van der Waals surface area contributed by atoms with Crippen LogP contribution in [0, 0.1) is 0 Å². The molecule has 0 aliphatic heterocycles. The van der Waals surface area contributed by atoms with Gasteiger partial charge in [0.2, 0.25) is 0 Å². The van der Waals surface area contributed by atoms with Crippen LogP contribution >= 0.6 is 0 Å². The zero-order valence-electron chi connectivity index (χ0n) is 13.1. The molecule has 0 saturated carbocycles. The molecule has 2 nitrogen and oxygen atoms in total. The van der Waals surface area contributed by atoms with Crippen molar-refractivity contribution < 1.29 is 9.53 Å². The number of allylic oxidation sites excluding steroid dienone is 3. The summed E-state index contributed by atoms with van der Waals surface area (Å²) in [5.41, 5.74) is 4.48. The largest absolute Gasteiger partial charge is 0.452 e. The maximum Gasteiger partial charge on any atom is 0.306 e. The number of benzene rings is 2. The Labute approximate surface area is 137 Å². The molecule has 0 atom stereocenters. The molecule has 1 aliphatic carbocycles. The first-order chi connectivity index (χ1) is 11.3. The van der Waals surface area contributed by atoms with Crippen molar-refractivity contribution >= 4 is 5.97 Å². The summed E-state index contributed by atoms with van der Waals surface area (Å²) < 4.78 is 5.79. The molecule has 0 bridgehead atoms. The molecule has 2 heteroatoms. The van der Waals surface area contributed by atoms with E-state index in [0.29, 0.717) is 6.42 Å². The molecule has 23 heavy (non-hydrogen) atoms. The van der Waals surface area contributed by atoms with E-state index >= 15 is 0 Å². The Morgan fingerprint density at radius 1 is 1.04 bits per heavy atom. The van der Waals surface area contributed by atoms with E-state index in [1.54, 1.807) is 6.08 Å². The minimum atomic E-state index is -0.279. The summed E-state index contributed by atoms with van der Waals surface area (Å²) in [6.07, 6.45) is 7.46. The van der Waals surface area contributed by atoms with Crippen molar-refractivity contribution in [3.05, 3.63) is 84.5 Å². The third-order valence-electron chi connectivity index (χ3n) is 4.05. The molecule has 0 radical (unpaired) electrons. The van der Waals surface area contributed by atoms with Gasteiger partial charge in [-0.1, -0.05) is 73.3 Å². The number of carbonyl (C=O) groups is 1. The number of hydrogen-bond acceptors (Lipinski definition) is 2. The quantitative estimate of drug-likeness (QED) is 0.416. The number of esters is 1. The van der Waals surface area contributed by atoms with Gasteiger partial charge in [-0.2, -0.15) is 0 Å². The van der Waals surface area contributed by atoms with E-state index in [0.717, 1.165) is 35.1 Å². The van der Waals surface area contributed by atoms with Crippen LogP contribution in [0.2, 0.25) is 0 Å². The van der Waals surface area contributed by atoms with Crippen LogP contribution in [0.1, 0.15) is 36.5 Å². The fourth-order valence-electron chi connectivity index (χ4n) is 2.98. The van der Waals surface area contributed by atoms with Crippen molar-refractivity contribution in [3.63, 3.8) is 0 Å². The summed E-state index contributed by atoms with van der Waals surface area (Å²) in [6.45, 7) is 3.63. The highest BCUT2D eigenvalue weighted by molar-refractivity contribution is 5.80. The number of ether oxygens (including phenoxy) is 1. The third kappa shape index (κ3) is 3.26. The molecule has 0 unspecified atom stereocenters. The van der Waals surface area contributed by atoms with Crippen molar-refractivity contribution in [3.8, 4) is 11.1 Å². The van der Waals surface area contributed by atoms with Crippen LogP contribution in [0.25, 0.3) is 11.1 Å². The second-order valence-corrected chi connectivity index (χ2v) is 5.60. The molecule has 0 amide bonds. The summed E-state index contributed by atoms with van der Waals surface area (Å²) in [7, 11) is 0. The summed E-state index contributed by atoms with van der Waals surface area (Å²) in [5.74, 6) is -0.145. The fourth-order valence-corrected chi connectivity index (χ4v) is 2.98. The molecular formula is C21H20O2. The highest BCUT2D eigenvalue weighted by atomic mass is 16.5. The summed E-state index contributed by atoms with van der Waals surface area (Å²) >= 11 is 0. The minimum absolute atomic E-state index is 0.145. The van der Waals surface area contributed by atoms with E-state index in [4.69, 9.17) is 4.74 Å². The van der Waals surface area contributed by atoms with E-state index < -0.39 is 0 Å². The van der Waals surface area contributed by atoms with Crippen molar-refractivity contribution in [2.75, 3.05) is 0 Å². The highest BCUT2D eigenvalue weighted by Gasteiger charge is 2.30. The third-order valence-corrected chi connectivity index (χ3v) is 4.05. The predicted molar refractivity (Wildman–Crippen MR) is 93.0 cm³/mol. The van der Waals surface area contributed by atoms with Gasteiger partial charge in [0.15, 0.2) is 6.10 Å². The van der Waals surface area contributed by atoms with E-state index in [2.05, 4.69) is 18.7 Å². The summed E-state index contributed by atoms with van der Waals surface area (Å²) in [6, 6.07) is 16.3. The van der Waals surface area contributed by atoms with E-state index in [1.165, 1.54) is 0 Å². The molecule has 0 spiro atoms. The molecule has 0 heterocycles. The van der Waals surface area contributed by atoms with Crippen molar-refractivity contribution in [1.82, 2.24) is 0 Å². The molecule has 2 aromatic carbocycles. The number of hydrogen-bond donors (Lipinski definition) is 0. The monoisotopic (exact) mass is 304 g/mol. The molecule has 0 fully saturated rings. The molecule has 1 aliphatic rings.